The van der Waals surface area contributed by atoms with Gasteiger partial charge in [0, 0.05) is 24.7 Å². The molecular weight excluding hydrogens is 354 g/mol. The number of nitrogens with zero attached hydrogens (tertiary/aromatic N) is 1. The van der Waals surface area contributed by atoms with E-state index in [9.17, 15) is 9.59 Å². The van der Waals surface area contributed by atoms with Crippen molar-refractivity contribution in [3.63, 3.8) is 0 Å². The van der Waals surface area contributed by atoms with Gasteiger partial charge >= 0.3 is 6.03 Å². The third-order valence-corrected chi connectivity index (χ3v) is 4.27. The summed E-state index contributed by atoms with van der Waals surface area (Å²) in [6.45, 7) is 3.35. The molecule has 7 heteroatoms. The van der Waals surface area contributed by atoms with Crippen LogP contribution in [0.15, 0.2) is 42.5 Å². The van der Waals surface area contributed by atoms with Crippen LogP contribution in [0.3, 0.4) is 0 Å². The van der Waals surface area contributed by atoms with Crippen LogP contribution in [-0.4, -0.2) is 31.0 Å². The molecule has 138 valence electrons. The van der Waals surface area contributed by atoms with E-state index in [0.717, 1.165) is 5.56 Å². The minimum atomic E-state index is -0.300. The normalized spacial score (nSPS) is 11.4. The minimum Gasteiger partial charge on any atom is -0.495 e. The summed E-state index contributed by atoms with van der Waals surface area (Å²) < 4.78 is 5.28. The number of rotatable bonds is 5. The molecule has 0 radical (unpaired) electrons. The Labute approximate surface area is 158 Å². The summed E-state index contributed by atoms with van der Waals surface area (Å²) >= 11 is 5.91. The Hall–Kier alpha value is -2.73. The van der Waals surface area contributed by atoms with Gasteiger partial charge in [0.1, 0.15) is 5.75 Å². The SMILES string of the molecule is COc1ccc(NC(C)=O)cc1NC(=O)N(C)C(C)c1ccc(Cl)cc1. The number of benzene rings is 2. The number of hydrogen-bond donors (Lipinski definition) is 2. The van der Waals surface area contributed by atoms with E-state index in [1.807, 2.05) is 19.1 Å². The fraction of sp³-hybridized carbons (Fsp3) is 0.263. The van der Waals surface area contributed by atoms with E-state index >= 15 is 0 Å². The van der Waals surface area contributed by atoms with Crippen molar-refractivity contribution < 1.29 is 14.3 Å². The predicted molar refractivity (Wildman–Crippen MR) is 104 cm³/mol. The average Bonchev–Trinajstić information content (AvgIpc) is 2.61. The van der Waals surface area contributed by atoms with Gasteiger partial charge in [0.2, 0.25) is 5.91 Å². The largest absolute Gasteiger partial charge is 0.495 e. The van der Waals surface area contributed by atoms with Gasteiger partial charge in [-0.2, -0.15) is 0 Å². The van der Waals surface area contributed by atoms with Crippen LogP contribution < -0.4 is 15.4 Å². The molecule has 0 aromatic heterocycles. The molecule has 1 unspecified atom stereocenters. The Morgan fingerprint density at radius 3 is 2.35 bits per heavy atom. The van der Waals surface area contributed by atoms with Gasteiger partial charge in [-0.1, -0.05) is 23.7 Å². The summed E-state index contributed by atoms with van der Waals surface area (Å²) in [5.41, 5.74) is 2.01. The fourth-order valence-electron chi connectivity index (χ4n) is 2.43. The molecule has 2 N–H and O–H groups in total. The Balaban J connectivity index is 2.16. The highest BCUT2D eigenvalue weighted by Crippen LogP contribution is 2.29. The number of amides is 3. The zero-order chi connectivity index (χ0) is 19.3. The lowest BCUT2D eigenvalue weighted by Gasteiger charge is -2.26. The minimum absolute atomic E-state index is 0.156. The van der Waals surface area contributed by atoms with Crippen LogP contribution in [0.5, 0.6) is 5.75 Å². The summed E-state index contributed by atoms with van der Waals surface area (Å²) in [7, 11) is 3.22. The lowest BCUT2D eigenvalue weighted by atomic mass is 10.1. The van der Waals surface area contributed by atoms with Gasteiger partial charge in [0.15, 0.2) is 0 Å². The molecule has 2 rings (SSSR count). The number of anilines is 2. The number of methoxy groups -OCH3 is 1. The van der Waals surface area contributed by atoms with Gasteiger partial charge in [-0.3, -0.25) is 4.79 Å². The van der Waals surface area contributed by atoms with Crippen molar-refractivity contribution >= 4 is 34.9 Å². The number of ether oxygens (including phenoxy) is 1. The van der Waals surface area contributed by atoms with Crippen LogP contribution in [0, 0.1) is 0 Å². The van der Waals surface area contributed by atoms with Crippen LogP contribution in [0.1, 0.15) is 25.5 Å². The molecule has 26 heavy (non-hydrogen) atoms. The second-order valence-corrected chi connectivity index (χ2v) is 6.30. The number of nitrogens with one attached hydrogen (secondary N) is 2. The van der Waals surface area contributed by atoms with Gasteiger partial charge < -0.3 is 20.3 Å². The van der Waals surface area contributed by atoms with Crippen molar-refractivity contribution in [2.24, 2.45) is 0 Å². The summed E-state index contributed by atoms with van der Waals surface area (Å²) in [6.07, 6.45) is 0. The highest BCUT2D eigenvalue weighted by molar-refractivity contribution is 6.30. The molecule has 2 aromatic carbocycles. The van der Waals surface area contributed by atoms with E-state index in [-0.39, 0.29) is 18.0 Å². The molecule has 0 heterocycles. The number of carbonyl (C=O) groups excluding carboxylic acids is 2. The quantitative estimate of drug-likeness (QED) is 0.806. The van der Waals surface area contributed by atoms with Gasteiger partial charge in [-0.05, 0) is 42.8 Å². The van der Waals surface area contributed by atoms with Crippen LogP contribution in [0.2, 0.25) is 5.02 Å². The zero-order valence-electron chi connectivity index (χ0n) is 15.2. The summed E-state index contributed by atoms with van der Waals surface area (Å²) in [4.78, 5) is 25.5. The van der Waals surface area contributed by atoms with E-state index in [4.69, 9.17) is 16.3 Å². The van der Waals surface area contributed by atoms with Crippen molar-refractivity contribution in [3.05, 3.63) is 53.1 Å². The van der Waals surface area contributed by atoms with Crippen molar-refractivity contribution in [1.82, 2.24) is 4.90 Å². The number of hydrogen-bond acceptors (Lipinski definition) is 3. The molecule has 0 aliphatic rings. The maximum atomic E-state index is 12.6. The first kappa shape index (κ1) is 19.6. The van der Waals surface area contributed by atoms with E-state index in [1.54, 1.807) is 42.3 Å². The molecular formula is C19H22ClN3O3. The molecule has 0 fully saturated rings. The topological polar surface area (TPSA) is 70.7 Å². The molecule has 0 aliphatic heterocycles. The summed E-state index contributed by atoms with van der Waals surface area (Å²) in [5.74, 6) is 0.306. The smallest absolute Gasteiger partial charge is 0.322 e. The number of urea groups is 1. The predicted octanol–water partition coefficient (Wildman–Crippen LogP) is 4.53. The Morgan fingerprint density at radius 2 is 1.77 bits per heavy atom. The van der Waals surface area contributed by atoms with Crippen LogP contribution in [0.25, 0.3) is 0 Å². The molecule has 1 atom stereocenters. The van der Waals surface area contributed by atoms with Crippen molar-refractivity contribution in [3.8, 4) is 5.75 Å². The number of halogens is 1. The molecule has 2 aromatic rings. The number of carbonyl (C=O) groups is 2. The Kier molecular flexibility index (Phi) is 6.46. The standard InChI is InChI=1S/C19H22ClN3O3/c1-12(14-5-7-15(20)8-6-14)23(3)19(25)22-17-11-16(21-13(2)24)9-10-18(17)26-4/h5-12H,1-4H3,(H,21,24)(H,22,25). The monoisotopic (exact) mass is 375 g/mol. The van der Waals surface area contributed by atoms with Gasteiger partial charge in [0.05, 0.1) is 18.8 Å². The molecule has 0 saturated carbocycles. The van der Waals surface area contributed by atoms with E-state index in [1.165, 1.54) is 14.0 Å². The van der Waals surface area contributed by atoms with Crippen molar-refractivity contribution in [2.45, 2.75) is 19.9 Å². The maximum absolute atomic E-state index is 12.6. The Bertz CT molecular complexity index is 793. The molecule has 0 saturated heterocycles. The third kappa shape index (κ3) is 4.89. The highest BCUT2D eigenvalue weighted by atomic mass is 35.5. The van der Waals surface area contributed by atoms with Crippen molar-refractivity contribution in [1.29, 1.82) is 0 Å². The molecule has 0 spiro atoms. The first-order valence-electron chi connectivity index (χ1n) is 8.06. The van der Waals surface area contributed by atoms with E-state index in [0.29, 0.717) is 22.1 Å². The first-order chi connectivity index (χ1) is 12.3. The Morgan fingerprint density at radius 1 is 1.12 bits per heavy atom. The second-order valence-electron chi connectivity index (χ2n) is 5.86. The van der Waals surface area contributed by atoms with Crippen LogP contribution in [-0.2, 0) is 4.79 Å². The first-order valence-corrected chi connectivity index (χ1v) is 8.44. The van der Waals surface area contributed by atoms with Gasteiger partial charge in [0.25, 0.3) is 0 Å². The van der Waals surface area contributed by atoms with Gasteiger partial charge in [-0.25, -0.2) is 4.79 Å². The second kappa shape index (κ2) is 8.58. The van der Waals surface area contributed by atoms with E-state index < -0.39 is 0 Å². The molecule has 3 amide bonds. The molecule has 0 aliphatic carbocycles. The van der Waals surface area contributed by atoms with Crippen molar-refractivity contribution in [2.75, 3.05) is 24.8 Å². The lowest BCUT2D eigenvalue weighted by Crippen LogP contribution is -2.33. The molecule has 0 bridgehead atoms. The average molecular weight is 376 g/mol. The maximum Gasteiger partial charge on any atom is 0.322 e. The highest BCUT2D eigenvalue weighted by Gasteiger charge is 2.19. The fourth-order valence-corrected chi connectivity index (χ4v) is 2.56. The van der Waals surface area contributed by atoms with Crippen LogP contribution >= 0.6 is 11.6 Å². The third-order valence-electron chi connectivity index (χ3n) is 4.02. The lowest BCUT2D eigenvalue weighted by molar-refractivity contribution is -0.114. The van der Waals surface area contributed by atoms with Crippen LogP contribution in [0.4, 0.5) is 16.2 Å². The van der Waals surface area contributed by atoms with E-state index in [2.05, 4.69) is 10.6 Å². The summed E-state index contributed by atoms with van der Waals surface area (Å²) in [6, 6.07) is 11.9. The summed E-state index contributed by atoms with van der Waals surface area (Å²) in [5, 5.41) is 6.15. The van der Waals surface area contributed by atoms with Gasteiger partial charge in [-0.15, -0.1) is 0 Å². The molecule has 6 nitrogen and oxygen atoms in total. The zero-order valence-corrected chi connectivity index (χ0v) is 15.9.